The van der Waals surface area contributed by atoms with Crippen LogP contribution in [0.1, 0.15) is 13.8 Å². The van der Waals surface area contributed by atoms with Gasteiger partial charge in [-0.05, 0) is 6.92 Å². The Morgan fingerprint density at radius 2 is 1.55 bits per heavy atom. The van der Waals surface area contributed by atoms with Gasteiger partial charge in [-0.1, -0.05) is 5.47 Å². The van der Waals surface area contributed by atoms with Gasteiger partial charge in [-0.25, -0.2) is 0 Å². The predicted octanol–water partition coefficient (Wildman–Crippen LogP) is -2.81. The Kier molecular flexibility index (Phi) is 34.9. The van der Waals surface area contributed by atoms with Crippen molar-refractivity contribution in [3.05, 3.63) is 24.7 Å². The molecule has 0 aromatic carbocycles. The van der Waals surface area contributed by atoms with Crippen molar-refractivity contribution in [2.24, 2.45) is 0 Å². The van der Waals surface area contributed by atoms with E-state index in [9.17, 15) is 0 Å². The fourth-order valence-electron chi connectivity index (χ4n) is 0. The molecule has 0 aliphatic carbocycles. The molecule has 2 nitrogen and oxygen atoms in total. The van der Waals surface area contributed by atoms with E-state index in [4.69, 9.17) is 10.0 Å². The summed E-state index contributed by atoms with van der Waals surface area (Å²) in [5, 5.41) is 16.2. The molecule has 0 aromatic heterocycles. The second-order valence-electron chi connectivity index (χ2n) is 1.57. The maximum atomic E-state index is 8.09. The first-order valence-electron chi connectivity index (χ1n) is 2.51. The SMILES string of the molecule is C=C(C)B(O)O.C=[C-]C.[Br-].[Mg+2]. The first-order chi connectivity index (χ1) is 4.06. The molecule has 0 aliphatic rings. The van der Waals surface area contributed by atoms with Crippen LogP contribution in [0.2, 0.25) is 0 Å². The van der Waals surface area contributed by atoms with Gasteiger partial charge in [0.25, 0.3) is 0 Å². The summed E-state index contributed by atoms with van der Waals surface area (Å²) in [5.74, 6) is 0. The summed E-state index contributed by atoms with van der Waals surface area (Å²) in [6.45, 7) is 9.80. The van der Waals surface area contributed by atoms with Gasteiger partial charge in [0, 0.05) is 0 Å². The summed E-state index contributed by atoms with van der Waals surface area (Å²) < 4.78 is 0. The Hall–Kier alpha value is 0.711. The fourth-order valence-corrected chi connectivity index (χ4v) is 0. The maximum absolute atomic E-state index is 8.09. The summed E-state index contributed by atoms with van der Waals surface area (Å²) in [4.78, 5) is 0. The molecule has 0 aromatic rings. The van der Waals surface area contributed by atoms with Crippen molar-refractivity contribution in [2.75, 3.05) is 0 Å². The van der Waals surface area contributed by atoms with Gasteiger partial charge in [0.2, 0.25) is 0 Å². The molecular formula is C6H12BBrMgO2. The second-order valence-corrected chi connectivity index (χ2v) is 1.57. The number of rotatable bonds is 1. The summed E-state index contributed by atoms with van der Waals surface area (Å²) in [6.07, 6.45) is 2.50. The predicted molar refractivity (Wildman–Crippen MR) is 45.3 cm³/mol. The molecule has 0 spiro atoms. The topological polar surface area (TPSA) is 40.5 Å². The van der Waals surface area contributed by atoms with E-state index < -0.39 is 7.12 Å². The number of allylic oxidation sites excluding steroid dienone is 2. The quantitative estimate of drug-likeness (QED) is 0.378. The summed E-state index contributed by atoms with van der Waals surface area (Å²) in [7, 11) is -1.34. The Balaban J connectivity index is -0.0000000437. The van der Waals surface area contributed by atoms with Gasteiger partial charge in [0.05, 0.1) is 0 Å². The first kappa shape index (κ1) is 22.6. The minimum absolute atomic E-state index is 0. The molecule has 0 saturated carbocycles. The third-order valence-corrected chi connectivity index (χ3v) is 0.441. The summed E-state index contributed by atoms with van der Waals surface area (Å²) in [6, 6.07) is 0. The molecule has 0 amide bonds. The third-order valence-electron chi connectivity index (χ3n) is 0.441. The summed E-state index contributed by atoms with van der Waals surface area (Å²) >= 11 is 0. The second kappa shape index (κ2) is 17.0. The Labute approximate surface area is 95.5 Å². The third kappa shape index (κ3) is 36.6. The molecule has 5 heteroatoms. The monoisotopic (exact) mass is 230 g/mol. The number of hydrogen-bond acceptors (Lipinski definition) is 2. The van der Waals surface area contributed by atoms with Crippen LogP contribution in [-0.4, -0.2) is 40.2 Å². The number of hydrogen-bond donors (Lipinski definition) is 2. The molecule has 0 saturated heterocycles. The molecule has 11 heavy (non-hydrogen) atoms. The Bertz CT molecular complexity index is 98.6. The molecule has 0 heterocycles. The van der Waals surface area contributed by atoms with Gasteiger partial charge < -0.3 is 33.1 Å². The van der Waals surface area contributed by atoms with Gasteiger partial charge in [0.1, 0.15) is 0 Å². The molecule has 0 rings (SSSR count). The van der Waals surface area contributed by atoms with Crippen molar-refractivity contribution >= 4 is 30.2 Å². The minimum Gasteiger partial charge on any atom is -1.00 e. The van der Waals surface area contributed by atoms with Crippen LogP contribution in [-0.2, 0) is 0 Å². The van der Waals surface area contributed by atoms with E-state index in [1.807, 2.05) is 0 Å². The molecule has 0 radical (unpaired) electrons. The molecule has 0 unspecified atom stereocenters. The van der Waals surface area contributed by atoms with Crippen molar-refractivity contribution in [2.45, 2.75) is 13.8 Å². The van der Waals surface area contributed by atoms with Crippen molar-refractivity contribution in [1.82, 2.24) is 0 Å². The van der Waals surface area contributed by atoms with Gasteiger partial charge in [-0.2, -0.15) is 6.92 Å². The van der Waals surface area contributed by atoms with Crippen molar-refractivity contribution in [1.29, 1.82) is 0 Å². The van der Waals surface area contributed by atoms with Crippen molar-refractivity contribution in [3.63, 3.8) is 0 Å². The molecule has 0 atom stereocenters. The van der Waals surface area contributed by atoms with Gasteiger partial charge in [-0.3, -0.25) is 6.58 Å². The maximum Gasteiger partial charge on any atom is 2.00 e. The molecule has 2 N–H and O–H groups in total. The molecule has 0 bridgehead atoms. The van der Waals surface area contributed by atoms with Gasteiger partial charge in [0.15, 0.2) is 0 Å². The average molecular weight is 231 g/mol. The zero-order valence-electron chi connectivity index (χ0n) is 6.97. The van der Waals surface area contributed by atoms with Crippen LogP contribution in [0, 0.1) is 6.08 Å². The normalized spacial score (nSPS) is 5.45. The van der Waals surface area contributed by atoms with E-state index in [1.165, 1.54) is 0 Å². The Morgan fingerprint density at radius 1 is 1.45 bits per heavy atom. The largest absolute Gasteiger partial charge is 2.00 e. The van der Waals surface area contributed by atoms with E-state index >= 15 is 0 Å². The molecule has 0 aliphatic heterocycles. The molecular weight excluding hydrogens is 219 g/mol. The molecule has 60 valence electrons. The van der Waals surface area contributed by atoms with Gasteiger partial charge >= 0.3 is 30.2 Å². The van der Waals surface area contributed by atoms with Crippen LogP contribution in [0.3, 0.4) is 0 Å². The van der Waals surface area contributed by atoms with E-state index in [0.717, 1.165) is 0 Å². The van der Waals surface area contributed by atoms with Crippen LogP contribution >= 0.6 is 0 Å². The average Bonchev–Trinajstić information content (AvgIpc) is 1.68. The van der Waals surface area contributed by atoms with E-state index in [-0.39, 0.29) is 40.0 Å². The van der Waals surface area contributed by atoms with Gasteiger partial charge in [-0.15, -0.1) is 6.58 Å². The Morgan fingerprint density at radius 3 is 1.55 bits per heavy atom. The van der Waals surface area contributed by atoms with Crippen LogP contribution in [0.5, 0.6) is 0 Å². The van der Waals surface area contributed by atoms with E-state index in [2.05, 4.69) is 19.2 Å². The zero-order chi connectivity index (χ0) is 7.86. The van der Waals surface area contributed by atoms with Crippen molar-refractivity contribution in [3.8, 4) is 0 Å². The van der Waals surface area contributed by atoms with Crippen LogP contribution in [0.4, 0.5) is 0 Å². The van der Waals surface area contributed by atoms with E-state index in [0.29, 0.717) is 5.47 Å². The smallest absolute Gasteiger partial charge is 1.00 e. The standard InChI is InChI=1S/C3H7BO2.C3H5.BrH.Mg/c1-3(2)4(5)6;1-3-2;;/h5-6H,1H2,2H3;1H2,2H3;1H;/q;-1;;+2/p-1. The van der Waals surface area contributed by atoms with Crippen LogP contribution < -0.4 is 17.0 Å². The number of halogens is 1. The minimum atomic E-state index is -1.34. The van der Waals surface area contributed by atoms with Crippen LogP contribution in [0.25, 0.3) is 0 Å². The fraction of sp³-hybridized carbons (Fsp3) is 0.333. The van der Waals surface area contributed by atoms with E-state index in [1.54, 1.807) is 13.8 Å². The molecule has 0 fully saturated rings. The first-order valence-corrected chi connectivity index (χ1v) is 2.51. The van der Waals surface area contributed by atoms with Crippen molar-refractivity contribution < 1.29 is 27.0 Å². The van der Waals surface area contributed by atoms with Crippen LogP contribution in [0.15, 0.2) is 18.6 Å². The summed E-state index contributed by atoms with van der Waals surface area (Å²) in [5.41, 5.74) is 0.370. The zero-order valence-corrected chi connectivity index (χ0v) is 9.97.